The van der Waals surface area contributed by atoms with Crippen LogP contribution in [0.3, 0.4) is 0 Å². The molecule has 9 nitrogen and oxygen atoms in total. The van der Waals surface area contributed by atoms with E-state index >= 15 is 0 Å². The first-order chi connectivity index (χ1) is 13.5. The summed E-state index contributed by atoms with van der Waals surface area (Å²) < 4.78 is 35.4. The Hall–Kier alpha value is -3.89. The highest BCUT2D eigenvalue weighted by atomic mass is 19.3. The van der Waals surface area contributed by atoms with E-state index in [9.17, 15) is 18.4 Å². The van der Waals surface area contributed by atoms with E-state index < -0.39 is 25.1 Å². The zero-order valence-corrected chi connectivity index (χ0v) is 14.2. The third kappa shape index (κ3) is 4.84. The molecule has 3 rings (SSSR count). The average Bonchev–Trinajstić information content (AvgIpc) is 3.22. The highest BCUT2D eigenvalue weighted by molar-refractivity contribution is 5.96. The molecule has 2 aromatic carbocycles. The maximum absolute atomic E-state index is 12.4. The summed E-state index contributed by atoms with van der Waals surface area (Å²) in [4.78, 5) is 24.0. The first-order valence-corrected chi connectivity index (χ1v) is 7.87. The Labute approximate surface area is 156 Å². The van der Waals surface area contributed by atoms with Crippen LogP contribution in [0.25, 0.3) is 5.69 Å². The Morgan fingerprint density at radius 1 is 1.11 bits per heavy atom. The van der Waals surface area contributed by atoms with Gasteiger partial charge in [0.1, 0.15) is 12.1 Å². The molecule has 0 atom stereocenters. The Balaban J connectivity index is 1.55. The van der Waals surface area contributed by atoms with Crippen molar-refractivity contribution >= 4 is 17.6 Å². The van der Waals surface area contributed by atoms with E-state index in [0.29, 0.717) is 5.69 Å². The van der Waals surface area contributed by atoms with Crippen LogP contribution >= 0.6 is 0 Å². The maximum atomic E-state index is 12.4. The van der Waals surface area contributed by atoms with Gasteiger partial charge in [-0.2, -0.15) is 8.78 Å². The minimum Gasteiger partial charge on any atom is -0.452 e. The predicted molar refractivity (Wildman–Crippen MR) is 91.1 cm³/mol. The number of anilines is 1. The van der Waals surface area contributed by atoms with Crippen molar-refractivity contribution in [2.24, 2.45) is 0 Å². The van der Waals surface area contributed by atoms with Crippen LogP contribution in [0, 0.1) is 0 Å². The molecule has 0 saturated carbocycles. The number of carbonyl (C=O) groups excluding carboxylic acids is 2. The number of ether oxygens (including phenoxy) is 2. The number of alkyl halides is 2. The molecule has 0 fully saturated rings. The van der Waals surface area contributed by atoms with E-state index in [1.54, 1.807) is 12.1 Å². The zero-order chi connectivity index (χ0) is 19.9. The van der Waals surface area contributed by atoms with Crippen molar-refractivity contribution in [2.45, 2.75) is 6.61 Å². The smallest absolute Gasteiger partial charge is 0.387 e. The number of nitrogens with one attached hydrogen (secondary N) is 1. The lowest BCUT2D eigenvalue weighted by atomic mass is 10.2. The van der Waals surface area contributed by atoms with Gasteiger partial charge in [-0.25, -0.2) is 9.48 Å². The molecule has 0 radical (unpaired) electrons. The number of carbonyl (C=O) groups is 2. The van der Waals surface area contributed by atoms with E-state index in [4.69, 9.17) is 4.74 Å². The molecular formula is C17H13F2N5O4. The Morgan fingerprint density at radius 2 is 1.86 bits per heavy atom. The highest BCUT2D eigenvalue weighted by Gasteiger charge is 2.14. The summed E-state index contributed by atoms with van der Waals surface area (Å²) in [5.74, 6) is -1.63. The topological polar surface area (TPSA) is 108 Å². The summed E-state index contributed by atoms with van der Waals surface area (Å²) in [6.45, 7) is -3.64. The normalized spacial score (nSPS) is 10.5. The minimum absolute atomic E-state index is 0.0367. The fourth-order valence-electron chi connectivity index (χ4n) is 2.20. The van der Waals surface area contributed by atoms with Crippen molar-refractivity contribution in [1.29, 1.82) is 0 Å². The number of halogens is 2. The zero-order valence-electron chi connectivity index (χ0n) is 14.2. The van der Waals surface area contributed by atoms with E-state index in [2.05, 4.69) is 25.6 Å². The van der Waals surface area contributed by atoms with Crippen LogP contribution in [0.15, 0.2) is 54.9 Å². The summed E-state index contributed by atoms with van der Waals surface area (Å²) in [7, 11) is 0. The number of nitrogens with zero attached hydrogens (tertiary/aromatic N) is 4. The fraction of sp³-hybridized carbons (Fsp3) is 0.118. The lowest BCUT2D eigenvalue weighted by Crippen LogP contribution is -2.21. The molecule has 1 amide bonds. The molecule has 0 saturated heterocycles. The highest BCUT2D eigenvalue weighted by Crippen LogP contribution is 2.25. The molecule has 28 heavy (non-hydrogen) atoms. The van der Waals surface area contributed by atoms with Gasteiger partial charge in [-0.1, -0.05) is 12.1 Å². The molecule has 0 aliphatic rings. The molecule has 1 heterocycles. The Morgan fingerprint density at radius 3 is 2.54 bits per heavy atom. The summed E-state index contributed by atoms with van der Waals surface area (Å²) in [5.41, 5.74) is 0.885. The first-order valence-electron chi connectivity index (χ1n) is 7.87. The van der Waals surface area contributed by atoms with Crippen molar-refractivity contribution in [3.05, 3.63) is 60.4 Å². The fourth-order valence-corrected chi connectivity index (χ4v) is 2.20. The molecule has 0 aliphatic carbocycles. The molecule has 3 aromatic rings. The third-order valence-electron chi connectivity index (χ3n) is 3.43. The Kier molecular flexibility index (Phi) is 5.84. The number of hydrogen-bond acceptors (Lipinski definition) is 7. The number of benzene rings is 2. The Bertz CT molecular complexity index is 948. The lowest BCUT2D eigenvalue weighted by Gasteiger charge is -2.11. The van der Waals surface area contributed by atoms with E-state index in [-0.39, 0.29) is 17.0 Å². The second kappa shape index (κ2) is 8.66. The summed E-state index contributed by atoms with van der Waals surface area (Å²) in [6, 6.07) is 11.9. The third-order valence-corrected chi connectivity index (χ3v) is 3.43. The molecular weight excluding hydrogens is 376 g/mol. The van der Waals surface area contributed by atoms with Crippen LogP contribution in [0.4, 0.5) is 14.5 Å². The molecule has 1 N–H and O–H groups in total. The molecule has 0 aliphatic heterocycles. The van der Waals surface area contributed by atoms with Gasteiger partial charge in [-0.3, -0.25) is 4.79 Å². The molecule has 11 heteroatoms. The quantitative estimate of drug-likeness (QED) is 0.616. The number of para-hydroxylation sites is 2. The van der Waals surface area contributed by atoms with Gasteiger partial charge in [0.05, 0.1) is 16.9 Å². The van der Waals surface area contributed by atoms with Gasteiger partial charge in [0, 0.05) is 0 Å². The lowest BCUT2D eigenvalue weighted by molar-refractivity contribution is -0.119. The second-order valence-electron chi connectivity index (χ2n) is 5.30. The van der Waals surface area contributed by atoms with Crippen molar-refractivity contribution in [1.82, 2.24) is 20.2 Å². The maximum Gasteiger partial charge on any atom is 0.387 e. The monoisotopic (exact) mass is 389 g/mol. The van der Waals surface area contributed by atoms with Gasteiger partial charge in [0.25, 0.3) is 5.91 Å². The van der Waals surface area contributed by atoms with Gasteiger partial charge in [-0.05, 0) is 46.8 Å². The van der Waals surface area contributed by atoms with Crippen LogP contribution in [-0.4, -0.2) is 45.3 Å². The number of rotatable bonds is 7. The number of hydrogen-bond donors (Lipinski definition) is 1. The van der Waals surface area contributed by atoms with E-state index in [0.717, 1.165) is 0 Å². The van der Waals surface area contributed by atoms with Gasteiger partial charge in [0.2, 0.25) is 0 Å². The summed E-state index contributed by atoms with van der Waals surface area (Å²) >= 11 is 0. The van der Waals surface area contributed by atoms with Crippen molar-refractivity contribution in [3.63, 3.8) is 0 Å². The van der Waals surface area contributed by atoms with Crippen molar-refractivity contribution in [2.75, 3.05) is 11.9 Å². The number of esters is 1. The van der Waals surface area contributed by atoms with Crippen LogP contribution in [0.2, 0.25) is 0 Å². The second-order valence-corrected chi connectivity index (χ2v) is 5.30. The van der Waals surface area contributed by atoms with Crippen molar-refractivity contribution in [3.8, 4) is 11.4 Å². The predicted octanol–water partition coefficient (Wildman–Crippen LogP) is 2.06. The van der Waals surface area contributed by atoms with Gasteiger partial charge < -0.3 is 14.8 Å². The summed E-state index contributed by atoms with van der Waals surface area (Å²) in [6.07, 6.45) is 1.40. The number of aromatic nitrogens is 4. The van der Waals surface area contributed by atoms with Gasteiger partial charge in [-0.15, -0.1) is 5.10 Å². The standard InChI is InChI=1S/C17H13F2N5O4/c18-17(19)28-14-4-2-1-3-13(14)21-15(25)9-27-16(26)11-5-7-12(8-6-11)24-10-20-22-23-24/h1-8,10,17H,9H2,(H,21,25). The minimum atomic E-state index is -3.04. The van der Waals surface area contributed by atoms with E-state index in [1.165, 1.54) is 47.4 Å². The number of amides is 1. The molecule has 0 spiro atoms. The molecule has 0 unspecified atom stereocenters. The summed E-state index contributed by atoms with van der Waals surface area (Å²) in [5, 5.41) is 13.1. The van der Waals surface area contributed by atoms with Crippen LogP contribution in [0.1, 0.15) is 10.4 Å². The molecule has 1 aromatic heterocycles. The average molecular weight is 389 g/mol. The van der Waals surface area contributed by atoms with E-state index in [1.807, 2.05) is 0 Å². The first kappa shape index (κ1) is 18.9. The van der Waals surface area contributed by atoms with Crippen molar-refractivity contribution < 1.29 is 27.8 Å². The van der Waals surface area contributed by atoms with Crippen LogP contribution < -0.4 is 10.1 Å². The van der Waals surface area contributed by atoms with Gasteiger partial charge in [0.15, 0.2) is 6.61 Å². The van der Waals surface area contributed by atoms with Crippen LogP contribution in [-0.2, 0) is 9.53 Å². The van der Waals surface area contributed by atoms with Crippen LogP contribution in [0.5, 0.6) is 5.75 Å². The number of tetrazole rings is 1. The van der Waals surface area contributed by atoms with Gasteiger partial charge >= 0.3 is 12.6 Å². The molecule has 144 valence electrons. The SMILES string of the molecule is O=C(COC(=O)c1ccc(-n2cnnn2)cc1)Nc1ccccc1OC(F)F. The molecule has 0 bridgehead atoms. The largest absolute Gasteiger partial charge is 0.452 e.